The third-order valence-corrected chi connectivity index (χ3v) is 5.25. The normalized spacial score (nSPS) is 30.7. The average Bonchev–Trinajstić information content (AvgIpc) is 2.27. The first-order valence-electron chi connectivity index (χ1n) is 8.50. The lowest BCUT2D eigenvalue weighted by Crippen LogP contribution is -2.25. The molecule has 1 fully saturated rings. The molecule has 0 aliphatic heterocycles. The van der Waals surface area contributed by atoms with Gasteiger partial charge < -0.3 is 0 Å². The van der Waals surface area contributed by atoms with Crippen LogP contribution in [0.3, 0.4) is 0 Å². The molecule has 0 bridgehead atoms. The quantitative estimate of drug-likeness (QED) is 0.498. The first-order valence-corrected chi connectivity index (χ1v) is 8.50. The smallest absolute Gasteiger partial charge is 0.0363 e. The molecular weight excluding hydrogens is 216 g/mol. The standard InChI is InChI=1S/C18H36/c1-14(2)8-6-9-15(3)12-13-18-16(4)10-7-11-17(18)5/h14-18H,6-13H2,1-5H3/t15-,16-,17+,18?/m1/s1. The van der Waals surface area contributed by atoms with Crippen LogP contribution in [-0.2, 0) is 0 Å². The molecule has 0 aromatic rings. The van der Waals surface area contributed by atoms with Crippen LogP contribution in [0.15, 0.2) is 0 Å². The molecule has 1 saturated carbocycles. The van der Waals surface area contributed by atoms with Gasteiger partial charge in [-0.15, -0.1) is 0 Å². The van der Waals surface area contributed by atoms with Gasteiger partial charge in [0.25, 0.3) is 0 Å². The molecule has 0 spiro atoms. The van der Waals surface area contributed by atoms with Crippen molar-refractivity contribution in [3.63, 3.8) is 0 Å². The minimum absolute atomic E-state index is 0.885. The van der Waals surface area contributed by atoms with Gasteiger partial charge >= 0.3 is 0 Å². The van der Waals surface area contributed by atoms with Crippen molar-refractivity contribution in [1.29, 1.82) is 0 Å². The van der Waals surface area contributed by atoms with E-state index in [4.69, 9.17) is 0 Å². The average molecular weight is 252 g/mol. The fourth-order valence-electron chi connectivity index (χ4n) is 3.82. The molecule has 1 unspecified atom stereocenters. The summed E-state index contributed by atoms with van der Waals surface area (Å²) < 4.78 is 0. The third-order valence-electron chi connectivity index (χ3n) is 5.25. The molecule has 1 aliphatic rings. The van der Waals surface area contributed by atoms with Gasteiger partial charge in [0.2, 0.25) is 0 Å². The SMILES string of the molecule is CC(C)CCC[C@@H](C)CCC1[C@H](C)CCC[C@@H]1C. The third kappa shape index (κ3) is 5.76. The van der Waals surface area contributed by atoms with Crippen LogP contribution < -0.4 is 0 Å². The Labute approximate surface area is 116 Å². The van der Waals surface area contributed by atoms with E-state index in [-0.39, 0.29) is 0 Å². The van der Waals surface area contributed by atoms with E-state index in [1.807, 2.05) is 0 Å². The van der Waals surface area contributed by atoms with Crippen LogP contribution in [0.25, 0.3) is 0 Å². The van der Waals surface area contributed by atoms with E-state index < -0.39 is 0 Å². The van der Waals surface area contributed by atoms with Gasteiger partial charge in [0.05, 0.1) is 0 Å². The lowest BCUT2D eigenvalue weighted by molar-refractivity contribution is 0.157. The molecule has 0 saturated heterocycles. The predicted octanol–water partition coefficient (Wildman–Crippen LogP) is 6.30. The van der Waals surface area contributed by atoms with Gasteiger partial charge in [-0.1, -0.05) is 79.6 Å². The fourth-order valence-corrected chi connectivity index (χ4v) is 3.82. The summed E-state index contributed by atoms with van der Waals surface area (Å²) in [5.41, 5.74) is 0. The predicted molar refractivity (Wildman–Crippen MR) is 82.8 cm³/mol. The zero-order valence-electron chi connectivity index (χ0n) is 13.5. The van der Waals surface area contributed by atoms with E-state index >= 15 is 0 Å². The van der Waals surface area contributed by atoms with Gasteiger partial charge in [-0.2, -0.15) is 0 Å². The maximum atomic E-state index is 2.49. The van der Waals surface area contributed by atoms with Crippen LogP contribution in [0.4, 0.5) is 0 Å². The second kappa shape index (κ2) is 8.23. The summed E-state index contributed by atoms with van der Waals surface area (Å²) in [5, 5.41) is 0. The van der Waals surface area contributed by atoms with E-state index in [1.165, 1.54) is 51.4 Å². The van der Waals surface area contributed by atoms with Crippen LogP contribution in [0.5, 0.6) is 0 Å². The lowest BCUT2D eigenvalue weighted by Gasteiger charge is -2.35. The van der Waals surface area contributed by atoms with E-state index in [9.17, 15) is 0 Å². The van der Waals surface area contributed by atoms with Crippen molar-refractivity contribution < 1.29 is 0 Å². The zero-order chi connectivity index (χ0) is 13.5. The zero-order valence-corrected chi connectivity index (χ0v) is 13.5. The summed E-state index contributed by atoms with van der Waals surface area (Å²) in [6.45, 7) is 12.1. The van der Waals surface area contributed by atoms with Crippen molar-refractivity contribution in [2.75, 3.05) is 0 Å². The molecule has 1 aliphatic carbocycles. The van der Waals surface area contributed by atoms with Crippen molar-refractivity contribution >= 4 is 0 Å². The van der Waals surface area contributed by atoms with Gasteiger partial charge in [0, 0.05) is 0 Å². The molecule has 0 nitrogen and oxygen atoms in total. The Bertz CT molecular complexity index is 196. The molecule has 0 heterocycles. The molecule has 4 atom stereocenters. The van der Waals surface area contributed by atoms with Gasteiger partial charge in [0.15, 0.2) is 0 Å². The molecule has 18 heavy (non-hydrogen) atoms. The molecular formula is C18H36. The molecule has 0 amide bonds. The monoisotopic (exact) mass is 252 g/mol. The minimum atomic E-state index is 0.885. The van der Waals surface area contributed by atoms with E-state index in [1.54, 1.807) is 0 Å². The molecule has 108 valence electrons. The van der Waals surface area contributed by atoms with Crippen LogP contribution >= 0.6 is 0 Å². The van der Waals surface area contributed by atoms with Crippen LogP contribution in [0.2, 0.25) is 0 Å². The van der Waals surface area contributed by atoms with Gasteiger partial charge in [0.1, 0.15) is 0 Å². The minimum Gasteiger partial charge on any atom is -0.0628 e. The largest absolute Gasteiger partial charge is 0.0628 e. The Hall–Kier alpha value is 0. The topological polar surface area (TPSA) is 0 Å². The maximum Gasteiger partial charge on any atom is -0.0363 e. The number of rotatable bonds is 7. The highest BCUT2D eigenvalue weighted by Crippen LogP contribution is 2.38. The fraction of sp³-hybridized carbons (Fsp3) is 1.00. The Morgan fingerprint density at radius 3 is 2.06 bits per heavy atom. The van der Waals surface area contributed by atoms with Crippen molar-refractivity contribution in [3.8, 4) is 0 Å². The summed E-state index contributed by atoms with van der Waals surface area (Å²) in [4.78, 5) is 0. The second-order valence-electron chi connectivity index (χ2n) is 7.56. The van der Waals surface area contributed by atoms with Crippen molar-refractivity contribution in [2.45, 2.75) is 86.0 Å². The Kier molecular flexibility index (Phi) is 7.34. The van der Waals surface area contributed by atoms with Crippen LogP contribution in [0, 0.1) is 29.6 Å². The highest BCUT2D eigenvalue weighted by molar-refractivity contribution is 4.78. The Morgan fingerprint density at radius 1 is 0.889 bits per heavy atom. The molecule has 0 radical (unpaired) electrons. The van der Waals surface area contributed by atoms with Gasteiger partial charge in [-0.3, -0.25) is 0 Å². The summed E-state index contributed by atoms with van der Waals surface area (Å²) in [5.74, 6) is 4.82. The molecule has 0 N–H and O–H groups in total. The van der Waals surface area contributed by atoms with E-state index in [0.717, 1.165) is 29.6 Å². The van der Waals surface area contributed by atoms with Crippen molar-refractivity contribution in [1.82, 2.24) is 0 Å². The molecule has 0 heteroatoms. The Balaban J connectivity index is 2.18. The molecule has 1 rings (SSSR count). The van der Waals surface area contributed by atoms with Crippen LogP contribution in [-0.4, -0.2) is 0 Å². The van der Waals surface area contributed by atoms with Crippen LogP contribution in [0.1, 0.15) is 86.0 Å². The van der Waals surface area contributed by atoms with Crippen molar-refractivity contribution in [2.24, 2.45) is 29.6 Å². The summed E-state index contributed by atoms with van der Waals surface area (Å²) >= 11 is 0. The molecule has 0 aromatic carbocycles. The first kappa shape index (κ1) is 16.1. The molecule has 0 aromatic heterocycles. The second-order valence-corrected chi connectivity index (χ2v) is 7.56. The van der Waals surface area contributed by atoms with Gasteiger partial charge in [-0.25, -0.2) is 0 Å². The first-order chi connectivity index (χ1) is 8.50. The summed E-state index contributed by atoms with van der Waals surface area (Å²) in [7, 11) is 0. The van der Waals surface area contributed by atoms with E-state index in [0.29, 0.717) is 0 Å². The number of hydrogen-bond acceptors (Lipinski definition) is 0. The number of hydrogen-bond donors (Lipinski definition) is 0. The van der Waals surface area contributed by atoms with Crippen molar-refractivity contribution in [3.05, 3.63) is 0 Å². The highest BCUT2D eigenvalue weighted by atomic mass is 14.3. The van der Waals surface area contributed by atoms with E-state index in [2.05, 4.69) is 34.6 Å². The summed E-state index contributed by atoms with van der Waals surface area (Å²) in [6, 6.07) is 0. The van der Waals surface area contributed by atoms with Gasteiger partial charge in [-0.05, 0) is 36.0 Å². The Morgan fingerprint density at radius 2 is 1.50 bits per heavy atom. The maximum absolute atomic E-state index is 2.49. The highest BCUT2D eigenvalue weighted by Gasteiger charge is 2.27. The lowest BCUT2D eigenvalue weighted by atomic mass is 9.71. The summed E-state index contributed by atoms with van der Waals surface area (Å²) in [6.07, 6.45) is 11.7.